The highest BCUT2D eigenvalue weighted by atomic mass is 15.2. The van der Waals surface area contributed by atoms with Crippen molar-refractivity contribution in [2.45, 2.75) is 50.6 Å². The minimum Gasteiger partial charge on any atom is -0.312 e. The molecule has 0 spiro atoms. The topological polar surface area (TPSA) is 18.5 Å². The maximum absolute atomic E-state index is 3.70. The Morgan fingerprint density at radius 2 is 1.71 bits per heavy atom. The molecular formula is C14H27N3. The molecule has 3 heteroatoms. The molecule has 3 nitrogen and oxygen atoms in total. The molecule has 3 fully saturated rings. The molecule has 0 aromatic carbocycles. The van der Waals surface area contributed by atoms with E-state index in [9.17, 15) is 0 Å². The minimum atomic E-state index is 0.832. The van der Waals surface area contributed by atoms with Gasteiger partial charge in [-0.2, -0.15) is 0 Å². The molecule has 1 saturated carbocycles. The van der Waals surface area contributed by atoms with Crippen molar-refractivity contribution in [2.75, 3.05) is 39.3 Å². The van der Waals surface area contributed by atoms with E-state index in [-0.39, 0.29) is 0 Å². The zero-order valence-electron chi connectivity index (χ0n) is 11.0. The number of nitrogens with one attached hydrogen (secondary N) is 1. The highest BCUT2D eigenvalue weighted by Gasteiger charge is 2.27. The van der Waals surface area contributed by atoms with E-state index < -0.39 is 0 Å². The largest absolute Gasteiger partial charge is 0.312 e. The van der Waals surface area contributed by atoms with Gasteiger partial charge in [-0.25, -0.2) is 0 Å². The van der Waals surface area contributed by atoms with Crippen LogP contribution in [0.4, 0.5) is 0 Å². The van der Waals surface area contributed by atoms with Gasteiger partial charge in [0.25, 0.3) is 0 Å². The molecule has 0 bridgehead atoms. The van der Waals surface area contributed by atoms with Crippen molar-refractivity contribution < 1.29 is 0 Å². The van der Waals surface area contributed by atoms with Crippen molar-refractivity contribution in [3.05, 3.63) is 0 Å². The lowest BCUT2D eigenvalue weighted by atomic mass is 10.2. The fraction of sp³-hybridized carbons (Fsp3) is 1.00. The summed E-state index contributed by atoms with van der Waals surface area (Å²) < 4.78 is 0. The van der Waals surface area contributed by atoms with E-state index in [1.165, 1.54) is 77.8 Å². The van der Waals surface area contributed by atoms with Crippen LogP contribution in [0.3, 0.4) is 0 Å². The quantitative estimate of drug-likeness (QED) is 0.751. The second kappa shape index (κ2) is 5.68. The summed E-state index contributed by atoms with van der Waals surface area (Å²) in [4.78, 5) is 5.37. The summed E-state index contributed by atoms with van der Waals surface area (Å²) in [6.45, 7) is 7.88. The van der Waals surface area contributed by atoms with Crippen molar-refractivity contribution in [3.63, 3.8) is 0 Å². The van der Waals surface area contributed by atoms with Crippen LogP contribution in [0.15, 0.2) is 0 Å². The molecule has 1 N–H and O–H groups in total. The van der Waals surface area contributed by atoms with Crippen LogP contribution in [0.1, 0.15) is 38.5 Å². The average molecular weight is 237 g/mol. The molecule has 1 aliphatic carbocycles. The van der Waals surface area contributed by atoms with E-state index in [0.29, 0.717) is 0 Å². The third kappa shape index (κ3) is 3.43. The summed E-state index contributed by atoms with van der Waals surface area (Å²) in [5.74, 6) is 0. The van der Waals surface area contributed by atoms with Gasteiger partial charge in [0, 0.05) is 31.7 Å². The zero-order valence-corrected chi connectivity index (χ0v) is 11.0. The van der Waals surface area contributed by atoms with E-state index in [2.05, 4.69) is 15.1 Å². The number of hydrogen-bond donors (Lipinski definition) is 1. The third-order valence-electron chi connectivity index (χ3n) is 4.62. The maximum Gasteiger partial charge on any atom is 0.0221 e. The van der Waals surface area contributed by atoms with Crippen molar-refractivity contribution in [1.29, 1.82) is 0 Å². The Balaban J connectivity index is 1.37. The van der Waals surface area contributed by atoms with Gasteiger partial charge in [0.05, 0.1) is 0 Å². The highest BCUT2D eigenvalue weighted by Crippen LogP contribution is 2.21. The SMILES string of the molecule is C1CCN(CCN2CCCC2CNC2CC2)C1. The fourth-order valence-corrected chi connectivity index (χ4v) is 3.29. The van der Waals surface area contributed by atoms with Gasteiger partial charge in [-0.3, -0.25) is 4.90 Å². The van der Waals surface area contributed by atoms with Gasteiger partial charge >= 0.3 is 0 Å². The molecule has 0 amide bonds. The van der Waals surface area contributed by atoms with E-state index in [0.717, 1.165) is 12.1 Å². The van der Waals surface area contributed by atoms with Crippen LogP contribution in [0.25, 0.3) is 0 Å². The van der Waals surface area contributed by atoms with E-state index in [1.54, 1.807) is 0 Å². The van der Waals surface area contributed by atoms with E-state index in [4.69, 9.17) is 0 Å². The van der Waals surface area contributed by atoms with Crippen molar-refractivity contribution in [2.24, 2.45) is 0 Å². The second-order valence-corrected chi connectivity index (χ2v) is 6.06. The minimum absolute atomic E-state index is 0.832. The third-order valence-corrected chi connectivity index (χ3v) is 4.62. The lowest BCUT2D eigenvalue weighted by molar-refractivity contribution is 0.208. The summed E-state index contributed by atoms with van der Waals surface area (Å²) in [5.41, 5.74) is 0. The Morgan fingerprint density at radius 3 is 2.47 bits per heavy atom. The first-order valence-corrected chi connectivity index (χ1v) is 7.61. The molecule has 0 aromatic rings. The molecule has 0 aromatic heterocycles. The molecule has 0 radical (unpaired) electrons. The first-order chi connectivity index (χ1) is 8.42. The summed E-state index contributed by atoms with van der Waals surface area (Å²) in [5, 5.41) is 3.70. The Bertz CT molecular complexity index is 234. The van der Waals surface area contributed by atoms with Crippen molar-refractivity contribution >= 4 is 0 Å². The molecular weight excluding hydrogens is 210 g/mol. The summed E-state index contributed by atoms with van der Waals surface area (Å²) in [6, 6.07) is 1.70. The maximum atomic E-state index is 3.70. The summed E-state index contributed by atoms with van der Waals surface area (Å²) in [7, 11) is 0. The standard InChI is InChI=1S/C14H27N3/c1-2-8-16(7-1)10-11-17-9-3-4-14(17)12-15-13-5-6-13/h13-15H,1-12H2. The van der Waals surface area contributed by atoms with Gasteiger partial charge in [-0.05, 0) is 58.2 Å². The molecule has 3 rings (SSSR count). The van der Waals surface area contributed by atoms with E-state index >= 15 is 0 Å². The van der Waals surface area contributed by atoms with Crippen LogP contribution in [-0.4, -0.2) is 61.2 Å². The molecule has 2 aliphatic heterocycles. The molecule has 17 heavy (non-hydrogen) atoms. The smallest absolute Gasteiger partial charge is 0.0221 e. The van der Waals surface area contributed by atoms with Crippen LogP contribution in [0.5, 0.6) is 0 Å². The van der Waals surface area contributed by atoms with Crippen LogP contribution in [0, 0.1) is 0 Å². The molecule has 98 valence electrons. The predicted molar refractivity (Wildman–Crippen MR) is 71.3 cm³/mol. The summed E-state index contributed by atoms with van der Waals surface area (Å²) in [6.07, 6.45) is 8.51. The first kappa shape index (κ1) is 11.9. The van der Waals surface area contributed by atoms with Crippen LogP contribution in [-0.2, 0) is 0 Å². The van der Waals surface area contributed by atoms with Crippen molar-refractivity contribution in [3.8, 4) is 0 Å². The van der Waals surface area contributed by atoms with Gasteiger partial charge in [0.2, 0.25) is 0 Å². The Morgan fingerprint density at radius 1 is 0.882 bits per heavy atom. The van der Waals surface area contributed by atoms with E-state index in [1.807, 2.05) is 0 Å². The zero-order chi connectivity index (χ0) is 11.5. The molecule has 1 unspecified atom stereocenters. The Kier molecular flexibility index (Phi) is 3.99. The molecule has 2 heterocycles. The van der Waals surface area contributed by atoms with Gasteiger partial charge in [-0.15, -0.1) is 0 Å². The normalized spacial score (nSPS) is 31.4. The van der Waals surface area contributed by atoms with Crippen LogP contribution >= 0.6 is 0 Å². The monoisotopic (exact) mass is 237 g/mol. The van der Waals surface area contributed by atoms with Crippen LogP contribution in [0.2, 0.25) is 0 Å². The Labute approximate surface area is 106 Å². The average Bonchev–Trinajstić information content (AvgIpc) is 2.86. The summed E-state index contributed by atoms with van der Waals surface area (Å²) >= 11 is 0. The van der Waals surface area contributed by atoms with Gasteiger partial charge < -0.3 is 10.2 Å². The second-order valence-electron chi connectivity index (χ2n) is 6.06. The highest BCUT2D eigenvalue weighted by molar-refractivity contribution is 4.87. The van der Waals surface area contributed by atoms with Gasteiger partial charge in [0.1, 0.15) is 0 Å². The van der Waals surface area contributed by atoms with Gasteiger partial charge in [-0.1, -0.05) is 0 Å². The molecule has 2 saturated heterocycles. The van der Waals surface area contributed by atoms with Crippen LogP contribution < -0.4 is 5.32 Å². The lowest BCUT2D eigenvalue weighted by Crippen LogP contribution is -2.42. The van der Waals surface area contributed by atoms with Gasteiger partial charge in [0.15, 0.2) is 0 Å². The number of hydrogen-bond acceptors (Lipinski definition) is 3. The number of nitrogens with zero attached hydrogens (tertiary/aromatic N) is 2. The first-order valence-electron chi connectivity index (χ1n) is 7.61. The number of likely N-dealkylation sites (tertiary alicyclic amines) is 2. The Hall–Kier alpha value is -0.120. The fourth-order valence-electron chi connectivity index (χ4n) is 3.29. The predicted octanol–water partition coefficient (Wildman–Crippen LogP) is 1.30. The van der Waals surface area contributed by atoms with Crippen molar-refractivity contribution in [1.82, 2.24) is 15.1 Å². The lowest BCUT2D eigenvalue weighted by Gasteiger charge is -2.27. The molecule has 3 aliphatic rings. The molecule has 1 atom stereocenters. The number of rotatable bonds is 6.